The maximum atomic E-state index is 12.9. The first-order chi connectivity index (χ1) is 6.77. The number of nitrogens with one attached hydrogen (secondary N) is 1. The molecule has 0 saturated carbocycles. The summed E-state index contributed by atoms with van der Waals surface area (Å²) in [6, 6.07) is 7.39. The van der Waals surface area contributed by atoms with Crippen LogP contribution in [0.5, 0.6) is 0 Å². The molecular formula is C11H8FNO. The van der Waals surface area contributed by atoms with E-state index in [9.17, 15) is 9.18 Å². The number of aromatic amines is 1. The number of benzene rings is 1. The van der Waals surface area contributed by atoms with Gasteiger partial charge in [-0.3, -0.25) is 4.79 Å². The molecule has 0 saturated heterocycles. The number of rotatable bonds is 1. The van der Waals surface area contributed by atoms with Crippen LogP contribution < -0.4 is 5.43 Å². The summed E-state index contributed by atoms with van der Waals surface area (Å²) in [5.41, 5.74) is 0.952. The Morgan fingerprint density at radius 1 is 1.21 bits per heavy atom. The Labute approximate surface area is 80.0 Å². The number of hydrogen-bond acceptors (Lipinski definition) is 1. The summed E-state index contributed by atoms with van der Waals surface area (Å²) < 4.78 is 12.9. The molecule has 2 nitrogen and oxygen atoms in total. The van der Waals surface area contributed by atoms with E-state index in [1.807, 2.05) is 0 Å². The molecule has 1 heterocycles. The number of hydrogen-bond donors (Lipinski definition) is 1. The zero-order valence-electron chi connectivity index (χ0n) is 7.33. The van der Waals surface area contributed by atoms with Gasteiger partial charge in [-0.05, 0) is 17.7 Å². The normalized spacial score (nSPS) is 10.1. The van der Waals surface area contributed by atoms with E-state index in [0.717, 1.165) is 0 Å². The average molecular weight is 189 g/mol. The first kappa shape index (κ1) is 8.69. The standard InChI is InChI=1S/C11H8FNO/c12-9-3-1-2-8(6-9)10-7-13-5-4-11(10)14/h1-7H,(H,13,14). The zero-order chi connectivity index (χ0) is 9.97. The van der Waals surface area contributed by atoms with Gasteiger partial charge in [0.05, 0.1) is 0 Å². The van der Waals surface area contributed by atoms with Gasteiger partial charge < -0.3 is 4.98 Å². The second-order valence-corrected chi connectivity index (χ2v) is 2.93. The molecular weight excluding hydrogens is 181 g/mol. The molecule has 1 N–H and O–H groups in total. The summed E-state index contributed by atoms with van der Waals surface area (Å²) in [5, 5.41) is 0. The Balaban J connectivity index is 2.61. The van der Waals surface area contributed by atoms with Crippen molar-refractivity contribution in [3.05, 3.63) is 58.8 Å². The maximum Gasteiger partial charge on any atom is 0.189 e. The van der Waals surface area contributed by atoms with Crippen LogP contribution in [0, 0.1) is 5.82 Å². The van der Waals surface area contributed by atoms with Crippen molar-refractivity contribution in [3.63, 3.8) is 0 Å². The lowest BCUT2D eigenvalue weighted by Crippen LogP contribution is -2.02. The number of aromatic nitrogens is 1. The number of halogens is 1. The van der Waals surface area contributed by atoms with Gasteiger partial charge in [-0.25, -0.2) is 4.39 Å². The van der Waals surface area contributed by atoms with Crippen molar-refractivity contribution in [2.75, 3.05) is 0 Å². The Morgan fingerprint density at radius 3 is 2.79 bits per heavy atom. The molecule has 70 valence electrons. The smallest absolute Gasteiger partial charge is 0.189 e. The van der Waals surface area contributed by atoms with Gasteiger partial charge in [0.2, 0.25) is 0 Å². The van der Waals surface area contributed by atoms with Gasteiger partial charge in [0, 0.05) is 24.0 Å². The topological polar surface area (TPSA) is 32.9 Å². The molecule has 3 heteroatoms. The van der Waals surface area contributed by atoms with Crippen LogP contribution in [0.4, 0.5) is 4.39 Å². The highest BCUT2D eigenvalue weighted by Crippen LogP contribution is 2.14. The quantitative estimate of drug-likeness (QED) is 0.732. The molecule has 0 aliphatic heterocycles. The van der Waals surface area contributed by atoms with Crippen LogP contribution in [0.3, 0.4) is 0 Å². The van der Waals surface area contributed by atoms with Crippen molar-refractivity contribution in [2.45, 2.75) is 0 Å². The van der Waals surface area contributed by atoms with Crippen molar-refractivity contribution < 1.29 is 4.39 Å². The lowest BCUT2D eigenvalue weighted by molar-refractivity contribution is 0.628. The summed E-state index contributed by atoms with van der Waals surface area (Å²) in [5.74, 6) is -0.342. The monoisotopic (exact) mass is 189 g/mol. The minimum absolute atomic E-state index is 0.116. The van der Waals surface area contributed by atoms with E-state index in [1.165, 1.54) is 18.2 Å². The highest BCUT2D eigenvalue weighted by molar-refractivity contribution is 5.61. The van der Waals surface area contributed by atoms with Gasteiger partial charge in [0.25, 0.3) is 0 Å². The summed E-state index contributed by atoms with van der Waals surface area (Å²) in [6.07, 6.45) is 3.11. The van der Waals surface area contributed by atoms with E-state index in [2.05, 4.69) is 4.98 Å². The number of pyridine rings is 1. The number of H-pyrrole nitrogens is 1. The van der Waals surface area contributed by atoms with Crippen LogP contribution in [-0.2, 0) is 0 Å². The molecule has 1 aromatic carbocycles. The summed E-state index contributed by atoms with van der Waals surface area (Å²) in [7, 11) is 0. The summed E-state index contributed by atoms with van der Waals surface area (Å²) in [4.78, 5) is 14.2. The maximum absolute atomic E-state index is 12.9. The lowest BCUT2D eigenvalue weighted by Gasteiger charge is -1.99. The van der Waals surface area contributed by atoms with Gasteiger partial charge in [0.15, 0.2) is 5.43 Å². The van der Waals surface area contributed by atoms with Crippen LogP contribution >= 0.6 is 0 Å². The van der Waals surface area contributed by atoms with E-state index in [4.69, 9.17) is 0 Å². The molecule has 0 bridgehead atoms. The van der Waals surface area contributed by atoms with E-state index in [-0.39, 0.29) is 11.2 Å². The molecule has 0 spiro atoms. The highest BCUT2D eigenvalue weighted by Gasteiger charge is 2.01. The van der Waals surface area contributed by atoms with E-state index in [0.29, 0.717) is 11.1 Å². The third-order valence-electron chi connectivity index (χ3n) is 1.96. The van der Waals surface area contributed by atoms with Crippen molar-refractivity contribution in [3.8, 4) is 11.1 Å². The zero-order valence-corrected chi connectivity index (χ0v) is 7.33. The predicted octanol–water partition coefficient (Wildman–Crippen LogP) is 2.18. The van der Waals surface area contributed by atoms with Crippen molar-refractivity contribution >= 4 is 0 Å². The van der Waals surface area contributed by atoms with Crippen molar-refractivity contribution in [2.24, 2.45) is 0 Å². The summed E-state index contributed by atoms with van der Waals surface area (Å²) in [6.45, 7) is 0. The van der Waals surface area contributed by atoms with Crippen LogP contribution in [-0.4, -0.2) is 4.98 Å². The fraction of sp³-hybridized carbons (Fsp3) is 0. The largest absolute Gasteiger partial charge is 0.367 e. The second kappa shape index (κ2) is 3.46. The molecule has 0 atom stereocenters. The summed E-state index contributed by atoms with van der Waals surface area (Å²) >= 11 is 0. The van der Waals surface area contributed by atoms with Crippen LogP contribution in [0.2, 0.25) is 0 Å². The molecule has 0 amide bonds. The van der Waals surface area contributed by atoms with Gasteiger partial charge >= 0.3 is 0 Å². The van der Waals surface area contributed by atoms with Gasteiger partial charge in [-0.15, -0.1) is 0 Å². The predicted molar refractivity (Wildman–Crippen MR) is 52.5 cm³/mol. The third-order valence-corrected chi connectivity index (χ3v) is 1.96. The average Bonchev–Trinajstić information content (AvgIpc) is 2.18. The van der Waals surface area contributed by atoms with Gasteiger partial charge in [0.1, 0.15) is 5.82 Å². The minimum Gasteiger partial charge on any atom is -0.367 e. The van der Waals surface area contributed by atoms with Crippen molar-refractivity contribution in [1.82, 2.24) is 4.98 Å². The second-order valence-electron chi connectivity index (χ2n) is 2.93. The Hall–Kier alpha value is -1.90. The molecule has 14 heavy (non-hydrogen) atoms. The highest BCUT2D eigenvalue weighted by atomic mass is 19.1. The minimum atomic E-state index is -0.342. The molecule has 0 aliphatic carbocycles. The lowest BCUT2D eigenvalue weighted by atomic mass is 10.1. The molecule has 2 rings (SSSR count). The van der Waals surface area contributed by atoms with E-state index < -0.39 is 0 Å². The van der Waals surface area contributed by atoms with Gasteiger partial charge in [-0.2, -0.15) is 0 Å². The first-order valence-corrected chi connectivity index (χ1v) is 4.20. The van der Waals surface area contributed by atoms with Gasteiger partial charge in [-0.1, -0.05) is 12.1 Å². The third kappa shape index (κ3) is 1.57. The first-order valence-electron chi connectivity index (χ1n) is 4.20. The van der Waals surface area contributed by atoms with E-state index in [1.54, 1.807) is 24.5 Å². The van der Waals surface area contributed by atoms with E-state index >= 15 is 0 Å². The fourth-order valence-electron chi connectivity index (χ4n) is 1.30. The molecule has 0 unspecified atom stereocenters. The fourth-order valence-corrected chi connectivity index (χ4v) is 1.30. The molecule has 0 fully saturated rings. The SMILES string of the molecule is O=c1cc[nH]cc1-c1cccc(F)c1. The Bertz CT molecular complexity index is 504. The molecule has 1 aromatic heterocycles. The van der Waals surface area contributed by atoms with Crippen LogP contribution in [0.1, 0.15) is 0 Å². The van der Waals surface area contributed by atoms with Crippen LogP contribution in [0.15, 0.2) is 47.5 Å². The van der Waals surface area contributed by atoms with Crippen molar-refractivity contribution in [1.29, 1.82) is 0 Å². The molecule has 0 radical (unpaired) electrons. The van der Waals surface area contributed by atoms with Crippen LogP contribution in [0.25, 0.3) is 11.1 Å². The molecule has 2 aromatic rings. The Kier molecular flexibility index (Phi) is 2.14. The Morgan fingerprint density at radius 2 is 2.07 bits per heavy atom. The molecule has 0 aliphatic rings.